The molecule has 0 atom stereocenters. The molecule has 0 aliphatic heterocycles. The number of hydrogen-bond acceptors (Lipinski definition) is 3. The first kappa shape index (κ1) is 12.6. The third kappa shape index (κ3) is 3.30. The molecule has 1 aliphatic rings. The van der Waals surface area contributed by atoms with Crippen LogP contribution < -0.4 is 5.32 Å². The van der Waals surface area contributed by atoms with E-state index in [2.05, 4.69) is 26.8 Å². The normalized spacial score (nSPS) is 17.1. The Hall–Kier alpha value is -0.870. The summed E-state index contributed by atoms with van der Waals surface area (Å²) in [6, 6.07) is 0.811. The minimum absolute atomic E-state index is 0.811. The van der Waals surface area contributed by atoms with Gasteiger partial charge in [0.05, 0.1) is 12.0 Å². The summed E-state index contributed by atoms with van der Waals surface area (Å²) in [4.78, 5) is 6.73. The van der Waals surface area contributed by atoms with Crippen LogP contribution >= 0.6 is 0 Å². The van der Waals surface area contributed by atoms with Crippen molar-refractivity contribution in [2.45, 2.75) is 44.8 Å². The SMILES string of the molecule is CNCc1cncn1CCN(C)C1CCCC1. The Kier molecular flexibility index (Phi) is 4.57. The van der Waals surface area contributed by atoms with Crippen molar-refractivity contribution in [1.29, 1.82) is 0 Å². The van der Waals surface area contributed by atoms with Gasteiger partial charge in [-0.3, -0.25) is 0 Å². The van der Waals surface area contributed by atoms with Gasteiger partial charge < -0.3 is 14.8 Å². The smallest absolute Gasteiger partial charge is 0.0949 e. The second-order valence-electron chi connectivity index (χ2n) is 5.03. The number of hydrogen-bond donors (Lipinski definition) is 1. The number of nitrogens with zero attached hydrogens (tertiary/aromatic N) is 3. The van der Waals surface area contributed by atoms with Gasteiger partial charge >= 0.3 is 0 Å². The molecule has 1 heterocycles. The highest BCUT2D eigenvalue weighted by atomic mass is 15.2. The van der Waals surface area contributed by atoms with Crippen LogP contribution in [0, 0.1) is 0 Å². The first-order valence-electron chi connectivity index (χ1n) is 6.65. The maximum Gasteiger partial charge on any atom is 0.0949 e. The van der Waals surface area contributed by atoms with Crippen molar-refractivity contribution in [3.8, 4) is 0 Å². The largest absolute Gasteiger partial charge is 0.332 e. The quantitative estimate of drug-likeness (QED) is 0.812. The molecule has 0 bridgehead atoms. The van der Waals surface area contributed by atoms with Crippen molar-refractivity contribution < 1.29 is 0 Å². The van der Waals surface area contributed by atoms with Gasteiger partial charge in [0.15, 0.2) is 0 Å². The van der Waals surface area contributed by atoms with E-state index in [9.17, 15) is 0 Å². The molecular weight excluding hydrogens is 212 g/mol. The Labute approximate surface area is 104 Å². The standard InChI is InChI=1S/C13H24N4/c1-14-9-13-10-15-11-17(13)8-7-16(2)12-5-3-4-6-12/h10-12,14H,3-9H2,1-2H3. The maximum atomic E-state index is 4.22. The van der Waals surface area contributed by atoms with Crippen molar-refractivity contribution >= 4 is 0 Å². The average Bonchev–Trinajstić information content (AvgIpc) is 2.97. The Bertz CT molecular complexity index is 328. The van der Waals surface area contributed by atoms with Crippen LogP contribution in [-0.4, -0.2) is 41.1 Å². The number of aromatic nitrogens is 2. The highest BCUT2D eigenvalue weighted by Gasteiger charge is 2.19. The molecule has 0 amide bonds. The Balaban J connectivity index is 1.81. The van der Waals surface area contributed by atoms with Gasteiger partial charge in [0.2, 0.25) is 0 Å². The van der Waals surface area contributed by atoms with Gasteiger partial charge in [-0.1, -0.05) is 12.8 Å². The number of rotatable bonds is 6. The summed E-state index contributed by atoms with van der Waals surface area (Å²) in [5, 5.41) is 3.18. The molecule has 4 nitrogen and oxygen atoms in total. The molecule has 96 valence electrons. The van der Waals surface area contributed by atoms with Crippen LogP contribution in [0.1, 0.15) is 31.4 Å². The zero-order valence-electron chi connectivity index (χ0n) is 11.0. The summed E-state index contributed by atoms with van der Waals surface area (Å²) < 4.78 is 2.25. The van der Waals surface area contributed by atoms with Crippen molar-refractivity contribution in [2.75, 3.05) is 20.6 Å². The summed E-state index contributed by atoms with van der Waals surface area (Å²) in [5.74, 6) is 0. The second kappa shape index (κ2) is 6.17. The van der Waals surface area contributed by atoms with E-state index >= 15 is 0 Å². The van der Waals surface area contributed by atoms with E-state index in [1.54, 1.807) is 0 Å². The number of likely N-dealkylation sites (N-methyl/N-ethyl adjacent to an activating group) is 1. The lowest BCUT2D eigenvalue weighted by Crippen LogP contribution is -2.32. The Morgan fingerprint density at radius 2 is 2.24 bits per heavy atom. The van der Waals surface area contributed by atoms with E-state index < -0.39 is 0 Å². The van der Waals surface area contributed by atoms with Crippen LogP contribution in [-0.2, 0) is 13.1 Å². The third-order valence-electron chi connectivity index (χ3n) is 3.80. The molecule has 4 heteroatoms. The molecule has 0 aromatic carbocycles. The van der Waals surface area contributed by atoms with Gasteiger partial charge in [-0.2, -0.15) is 0 Å². The highest BCUT2D eigenvalue weighted by Crippen LogP contribution is 2.22. The summed E-state index contributed by atoms with van der Waals surface area (Å²) in [6.45, 7) is 3.06. The lowest BCUT2D eigenvalue weighted by molar-refractivity contribution is 0.235. The molecule has 0 saturated heterocycles. The molecule has 2 rings (SSSR count). The molecule has 1 fully saturated rings. The Morgan fingerprint density at radius 1 is 1.47 bits per heavy atom. The van der Waals surface area contributed by atoms with E-state index in [0.717, 1.165) is 25.7 Å². The second-order valence-corrected chi connectivity index (χ2v) is 5.03. The van der Waals surface area contributed by atoms with Gasteiger partial charge in [0.25, 0.3) is 0 Å². The van der Waals surface area contributed by atoms with Gasteiger partial charge in [-0.15, -0.1) is 0 Å². The van der Waals surface area contributed by atoms with Crippen LogP contribution in [0.2, 0.25) is 0 Å². The topological polar surface area (TPSA) is 33.1 Å². The van der Waals surface area contributed by atoms with Crippen LogP contribution in [0.3, 0.4) is 0 Å². The average molecular weight is 236 g/mol. The maximum absolute atomic E-state index is 4.22. The monoisotopic (exact) mass is 236 g/mol. The summed E-state index contributed by atoms with van der Waals surface area (Å²) >= 11 is 0. The van der Waals surface area contributed by atoms with Gasteiger partial charge in [-0.05, 0) is 26.9 Å². The lowest BCUT2D eigenvalue weighted by atomic mass is 10.2. The molecule has 0 radical (unpaired) electrons. The molecule has 17 heavy (non-hydrogen) atoms. The predicted molar refractivity (Wildman–Crippen MR) is 69.9 cm³/mol. The summed E-state index contributed by atoms with van der Waals surface area (Å²) in [7, 11) is 4.23. The molecule has 1 aliphatic carbocycles. The number of imidazole rings is 1. The summed E-state index contributed by atoms with van der Waals surface area (Å²) in [6.07, 6.45) is 9.46. The number of nitrogens with one attached hydrogen (secondary N) is 1. The fourth-order valence-corrected chi connectivity index (χ4v) is 2.67. The highest BCUT2D eigenvalue weighted by molar-refractivity contribution is 4.97. The van der Waals surface area contributed by atoms with E-state index in [4.69, 9.17) is 0 Å². The summed E-state index contributed by atoms with van der Waals surface area (Å²) in [5.41, 5.74) is 1.27. The van der Waals surface area contributed by atoms with Crippen molar-refractivity contribution in [3.05, 3.63) is 18.2 Å². The zero-order valence-corrected chi connectivity index (χ0v) is 11.0. The van der Waals surface area contributed by atoms with E-state index in [-0.39, 0.29) is 0 Å². The van der Waals surface area contributed by atoms with Crippen molar-refractivity contribution in [3.63, 3.8) is 0 Å². The van der Waals surface area contributed by atoms with Crippen molar-refractivity contribution in [2.24, 2.45) is 0 Å². The Morgan fingerprint density at radius 3 is 2.94 bits per heavy atom. The van der Waals surface area contributed by atoms with Crippen molar-refractivity contribution in [1.82, 2.24) is 19.8 Å². The zero-order chi connectivity index (χ0) is 12.1. The fourth-order valence-electron chi connectivity index (χ4n) is 2.67. The van der Waals surface area contributed by atoms with Crippen LogP contribution in [0.5, 0.6) is 0 Å². The van der Waals surface area contributed by atoms with E-state index in [1.807, 2.05) is 19.6 Å². The molecule has 0 unspecified atom stereocenters. The molecular formula is C13H24N4. The van der Waals surface area contributed by atoms with Crippen LogP contribution in [0.25, 0.3) is 0 Å². The van der Waals surface area contributed by atoms with E-state index in [1.165, 1.54) is 31.4 Å². The predicted octanol–water partition coefficient (Wildman–Crippen LogP) is 1.48. The van der Waals surface area contributed by atoms with Gasteiger partial charge in [-0.25, -0.2) is 4.98 Å². The van der Waals surface area contributed by atoms with E-state index in [0.29, 0.717) is 0 Å². The molecule has 1 N–H and O–H groups in total. The van der Waals surface area contributed by atoms with Gasteiger partial charge in [0, 0.05) is 31.9 Å². The molecule has 0 spiro atoms. The molecule has 1 saturated carbocycles. The lowest BCUT2D eigenvalue weighted by Gasteiger charge is -2.24. The molecule has 1 aromatic rings. The first-order valence-corrected chi connectivity index (χ1v) is 6.65. The van der Waals surface area contributed by atoms with Gasteiger partial charge in [0.1, 0.15) is 0 Å². The minimum atomic E-state index is 0.811. The first-order chi connectivity index (χ1) is 8.31. The minimum Gasteiger partial charge on any atom is -0.332 e. The fraction of sp³-hybridized carbons (Fsp3) is 0.769. The molecule has 1 aromatic heterocycles. The van der Waals surface area contributed by atoms with Crippen LogP contribution in [0.4, 0.5) is 0 Å². The third-order valence-corrected chi connectivity index (χ3v) is 3.80. The van der Waals surface area contributed by atoms with Crippen LogP contribution in [0.15, 0.2) is 12.5 Å².